The van der Waals surface area contributed by atoms with Crippen LogP contribution < -0.4 is 33.2 Å². The van der Waals surface area contributed by atoms with Gasteiger partial charge in [0.2, 0.25) is 17.7 Å². The molecule has 0 saturated carbocycles. The maximum absolute atomic E-state index is 13.5. The van der Waals surface area contributed by atoms with Gasteiger partial charge in [-0.15, -0.1) is 0 Å². The molecule has 4 atom stereocenters. The van der Waals surface area contributed by atoms with Crippen molar-refractivity contribution in [2.75, 3.05) is 6.54 Å². The minimum atomic E-state index is -1.20. The summed E-state index contributed by atoms with van der Waals surface area (Å²) in [5.74, 6) is -3.26. The average Bonchev–Trinajstić information content (AvgIpc) is 3.43. The molecule has 0 aliphatic rings. The van der Waals surface area contributed by atoms with E-state index in [0.717, 1.165) is 0 Å². The first-order valence-electron chi connectivity index (χ1n) is 13.6. The van der Waals surface area contributed by atoms with Gasteiger partial charge in [0.05, 0.1) is 12.4 Å². The van der Waals surface area contributed by atoms with E-state index in [1.807, 2.05) is 13.8 Å². The number of guanidine groups is 1. The number of benzene rings is 1. The first kappa shape index (κ1) is 33.5. The SMILES string of the molecule is CC(C)CC(NC(=O)C(Cc1cnc[nH]1)NC(=O)C(CCCN=C(N)N)NC(=O)C(N)Cc1ccc(O)cc1)C(=O)O. The molecule has 0 aliphatic heterocycles. The van der Waals surface area contributed by atoms with Gasteiger partial charge in [-0.2, -0.15) is 0 Å². The third kappa shape index (κ3) is 11.8. The van der Waals surface area contributed by atoms with Crippen LogP contribution in [-0.4, -0.2) is 80.5 Å². The predicted molar refractivity (Wildman–Crippen MR) is 155 cm³/mol. The minimum Gasteiger partial charge on any atom is -0.508 e. The molecule has 1 aromatic carbocycles. The fraction of sp³-hybridized carbons (Fsp3) is 0.481. The number of nitrogens with two attached hydrogens (primary N) is 3. The van der Waals surface area contributed by atoms with Gasteiger partial charge in [0.15, 0.2) is 5.96 Å². The molecule has 42 heavy (non-hydrogen) atoms. The summed E-state index contributed by atoms with van der Waals surface area (Å²) < 4.78 is 0. The summed E-state index contributed by atoms with van der Waals surface area (Å²) >= 11 is 0. The number of amides is 3. The van der Waals surface area contributed by atoms with Crippen LogP contribution in [0.15, 0.2) is 41.8 Å². The van der Waals surface area contributed by atoms with Gasteiger partial charge >= 0.3 is 5.97 Å². The number of carboxylic acids is 1. The summed E-state index contributed by atoms with van der Waals surface area (Å²) in [6, 6.07) is 1.73. The second kappa shape index (κ2) is 16.6. The Kier molecular flexibility index (Phi) is 13.2. The molecular formula is C27H41N9O6. The first-order valence-corrected chi connectivity index (χ1v) is 13.6. The Morgan fingerprint density at radius 2 is 1.57 bits per heavy atom. The number of aromatic nitrogens is 2. The van der Waals surface area contributed by atoms with Gasteiger partial charge < -0.3 is 48.3 Å². The molecule has 12 N–H and O–H groups in total. The third-order valence-electron chi connectivity index (χ3n) is 6.24. The van der Waals surface area contributed by atoms with Crippen molar-refractivity contribution in [2.24, 2.45) is 28.1 Å². The topological polar surface area (TPSA) is 264 Å². The number of phenols is 1. The van der Waals surface area contributed by atoms with Crippen LogP contribution in [0.2, 0.25) is 0 Å². The number of nitrogens with one attached hydrogen (secondary N) is 4. The van der Waals surface area contributed by atoms with Crippen LogP contribution in [0.3, 0.4) is 0 Å². The number of hydrogen-bond donors (Lipinski definition) is 9. The fourth-order valence-electron chi connectivity index (χ4n) is 4.09. The number of imidazole rings is 1. The van der Waals surface area contributed by atoms with Crippen LogP contribution in [0.5, 0.6) is 5.75 Å². The number of aromatic amines is 1. The van der Waals surface area contributed by atoms with Gasteiger partial charge in [0, 0.05) is 24.9 Å². The molecule has 0 radical (unpaired) electrons. The molecule has 230 valence electrons. The van der Waals surface area contributed by atoms with Gasteiger partial charge in [0.1, 0.15) is 23.9 Å². The first-order chi connectivity index (χ1) is 19.8. The Balaban J connectivity index is 2.21. The molecule has 2 aromatic rings. The summed E-state index contributed by atoms with van der Waals surface area (Å²) in [4.78, 5) is 62.1. The Bertz CT molecular complexity index is 1200. The summed E-state index contributed by atoms with van der Waals surface area (Å²) in [6.45, 7) is 3.84. The zero-order valence-electron chi connectivity index (χ0n) is 23.7. The number of aliphatic carboxylic acids is 1. The Morgan fingerprint density at radius 1 is 0.952 bits per heavy atom. The number of carboxylic acid groups (broad SMARTS) is 1. The highest BCUT2D eigenvalue weighted by atomic mass is 16.4. The predicted octanol–water partition coefficient (Wildman–Crippen LogP) is -1.13. The lowest BCUT2D eigenvalue weighted by Crippen LogP contribution is -2.58. The second-order valence-corrected chi connectivity index (χ2v) is 10.4. The van der Waals surface area contributed by atoms with Gasteiger partial charge in [-0.05, 0) is 49.3 Å². The number of hydrogen-bond acceptors (Lipinski definition) is 8. The number of aromatic hydroxyl groups is 1. The number of carbonyl (C=O) groups excluding carboxylic acids is 3. The quantitative estimate of drug-likeness (QED) is 0.0610. The van der Waals surface area contributed by atoms with Crippen molar-refractivity contribution in [3.05, 3.63) is 48.0 Å². The van der Waals surface area contributed by atoms with E-state index in [-0.39, 0.29) is 49.9 Å². The van der Waals surface area contributed by atoms with Crippen molar-refractivity contribution in [1.29, 1.82) is 0 Å². The van der Waals surface area contributed by atoms with Crippen LogP contribution in [-0.2, 0) is 32.0 Å². The zero-order valence-corrected chi connectivity index (χ0v) is 23.7. The Morgan fingerprint density at radius 3 is 2.14 bits per heavy atom. The largest absolute Gasteiger partial charge is 0.508 e. The van der Waals surface area contributed by atoms with Crippen molar-refractivity contribution in [1.82, 2.24) is 25.9 Å². The Hall–Kier alpha value is -4.66. The number of nitrogens with zero attached hydrogens (tertiary/aromatic N) is 2. The van der Waals surface area contributed by atoms with E-state index < -0.39 is 47.9 Å². The molecule has 15 nitrogen and oxygen atoms in total. The number of rotatable bonds is 17. The standard InChI is InChI=1S/C27H41N9O6/c1-15(2)10-22(26(41)42)36-25(40)21(12-17-13-31-14-33-17)35-24(39)20(4-3-9-32-27(29)30)34-23(38)19(28)11-16-5-7-18(37)8-6-16/h5-8,13-15,19-22,37H,3-4,9-12,28H2,1-2H3,(H,31,33)(H,34,38)(H,35,39)(H,36,40)(H,41,42)(H4,29,30,32). The Labute approximate surface area is 243 Å². The highest BCUT2D eigenvalue weighted by molar-refractivity contribution is 5.94. The molecule has 15 heteroatoms. The molecule has 4 unspecified atom stereocenters. The summed E-state index contributed by atoms with van der Waals surface area (Å²) in [5.41, 5.74) is 18.1. The molecule has 0 aliphatic carbocycles. The van der Waals surface area contributed by atoms with Crippen molar-refractivity contribution >= 4 is 29.7 Å². The number of aliphatic imine (C=N–C) groups is 1. The average molecular weight is 588 g/mol. The van der Waals surface area contributed by atoms with Gasteiger partial charge in [-0.1, -0.05) is 26.0 Å². The van der Waals surface area contributed by atoms with E-state index in [1.54, 1.807) is 12.1 Å². The maximum atomic E-state index is 13.5. The zero-order chi connectivity index (χ0) is 31.2. The molecule has 1 heterocycles. The monoisotopic (exact) mass is 587 g/mol. The molecular weight excluding hydrogens is 546 g/mol. The van der Waals surface area contributed by atoms with E-state index in [2.05, 4.69) is 30.9 Å². The smallest absolute Gasteiger partial charge is 0.326 e. The highest BCUT2D eigenvalue weighted by Crippen LogP contribution is 2.12. The number of H-pyrrole nitrogens is 1. The molecule has 0 spiro atoms. The number of carbonyl (C=O) groups is 4. The normalized spacial score (nSPS) is 13.8. The lowest BCUT2D eigenvalue weighted by atomic mass is 10.0. The minimum absolute atomic E-state index is 0.0114. The third-order valence-corrected chi connectivity index (χ3v) is 6.24. The molecule has 2 rings (SSSR count). The highest BCUT2D eigenvalue weighted by Gasteiger charge is 2.31. The van der Waals surface area contributed by atoms with Crippen LogP contribution >= 0.6 is 0 Å². The van der Waals surface area contributed by atoms with Gasteiger partial charge in [0.25, 0.3) is 0 Å². The summed E-state index contributed by atoms with van der Waals surface area (Å²) in [6.07, 6.45) is 3.64. The van der Waals surface area contributed by atoms with Crippen molar-refractivity contribution in [3.8, 4) is 5.75 Å². The van der Waals surface area contributed by atoms with E-state index >= 15 is 0 Å². The van der Waals surface area contributed by atoms with E-state index in [4.69, 9.17) is 17.2 Å². The molecule has 3 amide bonds. The van der Waals surface area contributed by atoms with Crippen LogP contribution in [0.1, 0.15) is 44.4 Å². The van der Waals surface area contributed by atoms with E-state index in [0.29, 0.717) is 17.7 Å². The van der Waals surface area contributed by atoms with Crippen molar-refractivity contribution < 1.29 is 29.4 Å². The van der Waals surface area contributed by atoms with Crippen LogP contribution in [0.4, 0.5) is 0 Å². The van der Waals surface area contributed by atoms with Gasteiger partial charge in [-0.3, -0.25) is 19.4 Å². The molecule has 0 saturated heterocycles. The lowest BCUT2D eigenvalue weighted by molar-refractivity contribution is -0.142. The van der Waals surface area contributed by atoms with E-state index in [9.17, 15) is 29.4 Å². The van der Waals surface area contributed by atoms with Gasteiger partial charge in [-0.25, -0.2) is 9.78 Å². The molecule has 0 fully saturated rings. The summed E-state index contributed by atoms with van der Waals surface area (Å²) in [5, 5.41) is 26.9. The molecule has 1 aromatic heterocycles. The van der Waals surface area contributed by atoms with Crippen molar-refractivity contribution in [3.63, 3.8) is 0 Å². The lowest BCUT2D eigenvalue weighted by Gasteiger charge is -2.25. The summed E-state index contributed by atoms with van der Waals surface area (Å²) in [7, 11) is 0. The van der Waals surface area contributed by atoms with Crippen LogP contribution in [0, 0.1) is 5.92 Å². The molecule has 0 bridgehead atoms. The second-order valence-electron chi connectivity index (χ2n) is 10.4. The fourth-order valence-corrected chi connectivity index (χ4v) is 4.09. The number of phenolic OH excluding ortho intramolecular Hbond substituents is 1. The van der Waals surface area contributed by atoms with Crippen molar-refractivity contribution in [2.45, 2.75) is 70.1 Å². The maximum Gasteiger partial charge on any atom is 0.326 e. The van der Waals surface area contributed by atoms with E-state index in [1.165, 1.54) is 24.7 Å². The van der Waals surface area contributed by atoms with Crippen LogP contribution in [0.25, 0.3) is 0 Å².